The molecule has 0 aromatic heterocycles. The number of aromatic carboxylic acids is 1. The first-order chi connectivity index (χ1) is 16.4. The van der Waals surface area contributed by atoms with Crippen LogP contribution in [0, 0.1) is 0 Å². The molecule has 34 heavy (non-hydrogen) atoms. The van der Waals surface area contributed by atoms with Crippen molar-refractivity contribution in [3.05, 3.63) is 112 Å². The molecule has 1 N–H and O–H groups in total. The second-order valence-corrected chi connectivity index (χ2v) is 7.76. The molecule has 0 unspecified atom stereocenters. The summed E-state index contributed by atoms with van der Waals surface area (Å²) in [5.74, 6) is -0.623. The van der Waals surface area contributed by atoms with Crippen LogP contribution in [-0.4, -0.2) is 29.8 Å². The molecule has 0 saturated carbocycles. The molecule has 1 aliphatic carbocycles. The largest absolute Gasteiger partial charge is 0.493 e. The van der Waals surface area contributed by atoms with Crippen molar-refractivity contribution in [2.75, 3.05) is 7.11 Å². The highest BCUT2D eigenvalue weighted by Crippen LogP contribution is 2.36. The number of hydrogen-bond acceptors (Lipinski definition) is 5. The van der Waals surface area contributed by atoms with Crippen LogP contribution in [0.5, 0.6) is 11.5 Å². The molecule has 3 aromatic carbocycles. The predicted molar refractivity (Wildman–Crippen MR) is 128 cm³/mol. The number of benzene rings is 3. The van der Waals surface area contributed by atoms with E-state index >= 15 is 0 Å². The zero-order valence-corrected chi connectivity index (χ0v) is 18.5. The molecular weight excluding hydrogens is 432 g/mol. The fourth-order valence-electron chi connectivity index (χ4n) is 3.86. The molecule has 3 aromatic rings. The van der Waals surface area contributed by atoms with Gasteiger partial charge in [-0.05, 0) is 47.9 Å². The summed E-state index contributed by atoms with van der Waals surface area (Å²) in [4.78, 5) is 36.6. The standard InChI is InChI=1S/C28H22O6/c1-3-6-20-13-18(14-23-25(29)21-7-4-5-8-22(21)26(23)30)15-24(33-2)27(20)34-16-17-9-11-19(12-10-17)28(31)32/h3-5,7-15H,1,6,16H2,2H3,(H,31,32). The van der Waals surface area contributed by atoms with Gasteiger partial charge in [-0.2, -0.15) is 0 Å². The van der Waals surface area contributed by atoms with Crippen LogP contribution in [-0.2, 0) is 13.0 Å². The minimum Gasteiger partial charge on any atom is -0.493 e. The topological polar surface area (TPSA) is 89.9 Å². The number of methoxy groups -OCH3 is 1. The van der Waals surface area contributed by atoms with Gasteiger partial charge in [0.2, 0.25) is 0 Å². The Morgan fingerprint density at radius 1 is 1.00 bits per heavy atom. The summed E-state index contributed by atoms with van der Waals surface area (Å²) in [6, 6.07) is 16.8. The molecule has 0 heterocycles. The molecule has 0 atom stereocenters. The Kier molecular flexibility index (Phi) is 6.41. The Balaban J connectivity index is 1.65. The summed E-state index contributed by atoms with van der Waals surface area (Å²) in [7, 11) is 1.51. The normalized spacial score (nSPS) is 12.3. The number of rotatable bonds is 8. The molecule has 0 spiro atoms. The summed E-state index contributed by atoms with van der Waals surface area (Å²) in [5, 5.41) is 9.06. The molecule has 0 aliphatic heterocycles. The van der Waals surface area contributed by atoms with E-state index in [1.165, 1.54) is 19.2 Å². The average molecular weight is 454 g/mol. The van der Waals surface area contributed by atoms with Crippen LogP contribution in [0.3, 0.4) is 0 Å². The van der Waals surface area contributed by atoms with Gasteiger partial charge in [-0.1, -0.05) is 42.5 Å². The van der Waals surface area contributed by atoms with Gasteiger partial charge in [-0.3, -0.25) is 9.59 Å². The maximum Gasteiger partial charge on any atom is 0.335 e. The van der Waals surface area contributed by atoms with Crippen molar-refractivity contribution in [3.63, 3.8) is 0 Å². The van der Waals surface area contributed by atoms with Crippen molar-refractivity contribution in [3.8, 4) is 11.5 Å². The lowest BCUT2D eigenvalue weighted by Gasteiger charge is -2.16. The minimum atomic E-state index is -0.991. The van der Waals surface area contributed by atoms with Crippen molar-refractivity contribution in [2.24, 2.45) is 0 Å². The minimum absolute atomic E-state index is 0.111. The van der Waals surface area contributed by atoms with Crippen LogP contribution in [0.2, 0.25) is 0 Å². The number of ketones is 2. The van der Waals surface area contributed by atoms with E-state index in [0.29, 0.717) is 34.6 Å². The monoisotopic (exact) mass is 454 g/mol. The zero-order valence-electron chi connectivity index (χ0n) is 18.5. The zero-order chi connectivity index (χ0) is 24.2. The number of Topliss-reactive ketones (excluding diaryl/α,β-unsaturated/α-hetero) is 2. The maximum atomic E-state index is 12.8. The van der Waals surface area contributed by atoms with E-state index in [-0.39, 0.29) is 29.3 Å². The first kappa shape index (κ1) is 22.7. The number of allylic oxidation sites excluding steroid dienone is 2. The molecule has 0 radical (unpaired) electrons. The smallest absolute Gasteiger partial charge is 0.335 e. The number of carboxylic acids is 1. The van der Waals surface area contributed by atoms with E-state index in [4.69, 9.17) is 14.6 Å². The van der Waals surface area contributed by atoms with Gasteiger partial charge in [0.25, 0.3) is 0 Å². The van der Waals surface area contributed by atoms with Crippen LogP contribution in [0.1, 0.15) is 47.8 Å². The number of carboxylic acid groups (broad SMARTS) is 1. The van der Waals surface area contributed by atoms with Gasteiger partial charge in [-0.25, -0.2) is 4.79 Å². The SMILES string of the molecule is C=CCc1cc(C=C2C(=O)c3ccccc3C2=O)cc(OC)c1OCc1ccc(C(=O)O)cc1. The summed E-state index contributed by atoms with van der Waals surface area (Å²) in [6.07, 6.45) is 3.78. The number of fused-ring (bicyclic) bond motifs is 1. The lowest BCUT2D eigenvalue weighted by atomic mass is 10.0. The summed E-state index contributed by atoms with van der Waals surface area (Å²) in [6.45, 7) is 4.01. The van der Waals surface area contributed by atoms with E-state index in [0.717, 1.165) is 11.1 Å². The molecule has 0 bridgehead atoms. The van der Waals surface area contributed by atoms with E-state index in [1.807, 2.05) is 6.07 Å². The van der Waals surface area contributed by atoms with E-state index in [2.05, 4.69) is 6.58 Å². The van der Waals surface area contributed by atoms with Crippen molar-refractivity contribution in [1.29, 1.82) is 0 Å². The Morgan fingerprint density at radius 2 is 1.65 bits per heavy atom. The molecular formula is C28H22O6. The fraction of sp³-hybridized carbons (Fsp3) is 0.107. The maximum absolute atomic E-state index is 12.8. The quantitative estimate of drug-likeness (QED) is 0.287. The predicted octanol–water partition coefficient (Wildman–Crippen LogP) is 5.16. The number of ether oxygens (including phenoxy) is 2. The van der Waals surface area contributed by atoms with Crippen LogP contribution in [0.15, 0.2) is 78.9 Å². The van der Waals surface area contributed by atoms with Gasteiger partial charge in [0, 0.05) is 16.7 Å². The third-order valence-corrected chi connectivity index (χ3v) is 5.54. The molecule has 170 valence electrons. The number of hydrogen-bond donors (Lipinski definition) is 1. The Morgan fingerprint density at radius 3 is 2.21 bits per heavy atom. The van der Waals surface area contributed by atoms with Crippen molar-refractivity contribution >= 4 is 23.6 Å². The summed E-state index contributed by atoms with van der Waals surface area (Å²) < 4.78 is 11.6. The van der Waals surface area contributed by atoms with E-state index in [1.54, 1.807) is 54.6 Å². The van der Waals surface area contributed by atoms with Crippen LogP contribution < -0.4 is 9.47 Å². The first-order valence-electron chi connectivity index (χ1n) is 10.6. The van der Waals surface area contributed by atoms with Crippen LogP contribution >= 0.6 is 0 Å². The van der Waals surface area contributed by atoms with E-state index < -0.39 is 5.97 Å². The van der Waals surface area contributed by atoms with Gasteiger partial charge in [-0.15, -0.1) is 6.58 Å². The number of carbonyl (C=O) groups is 3. The van der Waals surface area contributed by atoms with Crippen molar-refractivity contribution in [1.82, 2.24) is 0 Å². The second kappa shape index (κ2) is 9.58. The Hall–Kier alpha value is -4.45. The molecule has 6 nitrogen and oxygen atoms in total. The average Bonchev–Trinajstić information content (AvgIpc) is 3.08. The summed E-state index contributed by atoms with van der Waals surface area (Å²) in [5.41, 5.74) is 3.33. The van der Waals surface area contributed by atoms with Gasteiger partial charge < -0.3 is 14.6 Å². The second-order valence-electron chi connectivity index (χ2n) is 7.76. The highest BCUT2D eigenvalue weighted by atomic mass is 16.5. The number of carbonyl (C=O) groups excluding carboxylic acids is 2. The van der Waals surface area contributed by atoms with Crippen LogP contribution in [0.25, 0.3) is 6.08 Å². The van der Waals surface area contributed by atoms with Gasteiger partial charge in [0.15, 0.2) is 23.1 Å². The summed E-state index contributed by atoms with van der Waals surface area (Å²) >= 11 is 0. The van der Waals surface area contributed by atoms with E-state index in [9.17, 15) is 14.4 Å². The van der Waals surface area contributed by atoms with Crippen molar-refractivity contribution in [2.45, 2.75) is 13.0 Å². The molecule has 6 heteroatoms. The first-order valence-corrected chi connectivity index (χ1v) is 10.6. The highest BCUT2D eigenvalue weighted by Gasteiger charge is 2.32. The Labute approximate surface area is 196 Å². The lowest BCUT2D eigenvalue weighted by molar-refractivity contribution is 0.0696. The lowest BCUT2D eigenvalue weighted by Crippen LogP contribution is -2.04. The van der Waals surface area contributed by atoms with Gasteiger partial charge in [0.05, 0.1) is 18.2 Å². The third-order valence-electron chi connectivity index (χ3n) is 5.54. The molecule has 0 amide bonds. The van der Waals surface area contributed by atoms with Crippen molar-refractivity contribution < 1.29 is 29.0 Å². The fourth-order valence-corrected chi connectivity index (χ4v) is 3.86. The van der Waals surface area contributed by atoms with Crippen LogP contribution in [0.4, 0.5) is 0 Å². The molecule has 4 rings (SSSR count). The van der Waals surface area contributed by atoms with Gasteiger partial charge >= 0.3 is 5.97 Å². The molecule has 0 fully saturated rings. The molecule has 1 aliphatic rings. The Bertz CT molecular complexity index is 1290. The van der Waals surface area contributed by atoms with Gasteiger partial charge in [0.1, 0.15) is 6.61 Å². The molecule has 0 saturated heterocycles. The third kappa shape index (κ3) is 4.38. The highest BCUT2D eigenvalue weighted by molar-refractivity contribution is 6.41.